The van der Waals surface area contributed by atoms with Gasteiger partial charge in [0.05, 0.1) is 32.4 Å². The van der Waals surface area contributed by atoms with Crippen LogP contribution >= 0.6 is 0 Å². The molecule has 0 saturated carbocycles. The first-order chi connectivity index (χ1) is 15.8. The molecule has 2 N–H and O–H groups in total. The van der Waals surface area contributed by atoms with Crippen molar-refractivity contribution in [2.24, 2.45) is 5.41 Å². The van der Waals surface area contributed by atoms with E-state index >= 15 is 0 Å². The summed E-state index contributed by atoms with van der Waals surface area (Å²) >= 11 is 0. The Balaban J connectivity index is 1.66. The molecule has 1 aliphatic rings. The molecule has 8 heteroatoms. The van der Waals surface area contributed by atoms with E-state index < -0.39 is 5.41 Å². The molecule has 0 radical (unpaired) electrons. The number of hydrogen-bond acceptors (Lipinski definition) is 5. The average Bonchev–Trinajstić information content (AvgIpc) is 2.82. The van der Waals surface area contributed by atoms with Gasteiger partial charge in [0.15, 0.2) is 11.5 Å². The Bertz CT molecular complexity index is 967. The predicted molar refractivity (Wildman–Crippen MR) is 127 cm³/mol. The second kappa shape index (κ2) is 10.5. The van der Waals surface area contributed by atoms with Crippen LogP contribution in [0, 0.1) is 12.3 Å². The molecule has 3 rings (SSSR count). The maximum absolute atomic E-state index is 13.0. The zero-order valence-corrected chi connectivity index (χ0v) is 20.0. The molecule has 33 heavy (non-hydrogen) atoms. The van der Waals surface area contributed by atoms with E-state index in [0.717, 1.165) is 18.4 Å². The molecule has 0 aromatic heterocycles. The number of ether oxygens (including phenoxy) is 3. The molecule has 1 heterocycles. The maximum atomic E-state index is 13.0. The Hall–Kier alpha value is -3.42. The summed E-state index contributed by atoms with van der Waals surface area (Å²) in [4.78, 5) is 27.7. The highest BCUT2D eigenvalue weighted by Crippen LogP contribution is 2.40. The van der Waals surface area contributed by atoms with E-state index in [2.05, 4.69) is 10.6 Å². The highest BCUT2D eigenvalue weighted by Gasteiger charge is 2.39. The third-order valence-electron chi connectivity index (χ3n) is 6.02. The second-order valence-corrected chi connectivity index (χ2v) is 8.60. The molecule has 0 unspecified atom stereocenters. The topological polar surface area (TPSA) is 89.1 Å². The molecule has 1 saturated heterocycles. The van der Waals surface area contributed by atoms with Crippen molar-refractivity contribution < 1.29 is 23.8 Å². The van der Waals surface area contributed by atoms with Gasteiger partial charge in [0.2, 0.25) is 11.7 Å². The number of aryl methyl sites for hydroxylation is 1. The average molecular weight is 456 g/mol. The van der Waals surface area contributed by atoms with Gasteiger partial charge in [-0.3, -0.25) is 4.79 Å². The monoisotopic (exact) mass is 455 g/mol. The lowest BCUT2D eigenvalue weighted by molar-refractivity contribution is -0.132. The fourth-order valence-electron chi connectivity index (χ4n) is 4.06. The summed E-state index contributed by atoms with van der Waals surface area (Å²) in [6, 6.07) is 11.2. The zero-order chi connectivity index (χ0) is 24.0. The largest absolute Gasteiger partial charge is 0.493 e. The normalized spacial score (nSPS) is 17.8. The fraction of sp³-hybridized carbons (Fsp3) is 0.440. The lowest BCUT2D eigenvalue weighted by atomic mass is 9.81. The number of rotatable bonds is 7. The van der Waals surface area contributed by atoms with Gasteiger partial charge in [0, 0.05) is 31.8 Å². The number of nitrogens with one attached hydrogen (secondary N) is 2. The van der Waals surface area contributed by atoms with Gasteiger partial charge in [-0.2, -0.15) is 0 Å². The van der Waals surface area contributed by atoms with E-state index in [4.69, 9.17) is 14.2 Å². The Kier molecular flexibility index (Phi) is 7.68. The Morgan fingerprint density at radius 1 is 1.03 bits per heavy atom. The molecule has 1 aliphatic heterocycles. The van der Waals surface area contributed by atoms with Crippen LogP contribution in [-0.2, 0) is 11.3 Å². The van der Waals surface area contributed by atoms with Crippen molar-refractivity contribution in [1.82, 2.24) is 10.2 Å². The Morgan fingerprint density at radius 2 is 1.67 bits per heavy atom. The van der Waals surface area contributed by atoms with Gasteiger partial charge in [-0.1, -0.05) is 29.8 Å². The molecule has 178 valence electrons. The van der Waals surface area contributed by atoms with E-state index in [-0.39, 0.29) is 11.9 Å². The minimum Gasteiger partial charge on any atom is -0.493 e. The van der Waals surface area contributed by atoms with Crippen LogP contribution in [-0.4, -0.2) is 51.3 Å². The number of piperidine rings is 1. The van der Waals surface area contributed by atoms with Crippen LogP contribution in [0.5, 0.6) is 17.2 Å². The van der Waals surface area contributed by atoms with Crippen LogP contribution in [0.1, 0.15) is 30.9 Å². The van der Waals surface area contributed by atoms with Gasteiger partial charge in [-0.25, -0.2) is 4.79 Å². The summed E-state index contributed by atoms with van der Waals surface area (Å²) in [5.41, 5.74) is 2.09. The number of benzene rings is 2. The first-order valence-electron chi connectivity index (χ1n) is 11.0. The highest BCUT2D eigenvalue weighted by molar-refractivity contribution is 5.91. The Morgan fingerprint density at radius 3 is 2.24 bits per heavy atom. The quantitative estimate of drug-likeness (QED) is 0.660. The van der Waals surface area contributed by atoms with Crippen molar-refractivity contribution in [3.8, 4) is 17.2 Å². The van der Waals surface area contributed by atoms with Crippen molar-refractivity contribution in [3.63, 3.8) is 0 Å². The molecule has 0 bridgehead atoms. The number of anilines is 1. The third kappa shape index (κ3) is 5.69. The summed E-state index contributed by atoms with van der Waals surface area (Å²) < 4.78 is 16.0. The van der Waals surface area contributed by atoms with Crippen LogP contribution in [0.4, 0.5) is 10.5 Å². The van der Waals surface area contributed by atoms with Gasteiger partial charge in [-0.15, -0.1) is 0 Å². The predicted octanol–water partition coefficient (Wildman–Crippen LogP) is 3.97. The van der Waals surface area contributed by atoms with Gasteiger partial charge >= 0.3 is 6.03 Å². The van der Waals surface area contributed by atoms with E-state index in [1.54, 1.807) is 17.0 Å². The SMILES string of the molecule is COc1cc(NC(=O)N2CCC[C@@](C)(C(=O)NCc3ccc(C)cc3)C2)cc(OC)c1OC. The number of carbonyl (C=O) groups is 2. The maximum Gasteiger partial charge on any atom is 0.321 e. The van der Waals surface area contributed by atoms with E-state index in [0.29, 0.717) is 42.6 Å². The number of hydrogen-bond donors (Lipinski definition) is 2. The van der Waals surface area contributed by atoms with Gasteiger partial charge in [-0.05, 0) is 32.3 Å². The fourth-order valence-corrected chi connectivity index (χ4v) is 4.06. The van der Waals surface area contributed by atoms with E-state index in [1.165, 1.54) is 26.9 Å². The summed E-state index contributed by atoms with van der Waals surface area (Å²) in [5, 5.41) is 5.93. The van der Waals surface area contributed by atoms with Crippen LogP contribution in [0.2, 0.25) is 0 Å². The number of nitrogens with zero attached hydrogens (tertiary/aromatic N) is 1. The molecule has 2 aromatic rings. The van der Waals surface area contributed by atoms with Gasteiger partial charge < -0.3 is 29.7 Å². The summed E-state index contributed by atoms with van der Waals surface area (Å²) in [5.74, 6) is 1.30. The van der Waals surface area contributed by atoms with E-state index in [1.807, 2.05) is 38.1 Å². The van der Waals surface area contributed by atoms with Gasteiger partial charge in [0.1, 0.15) is 0 Å². The molecule has 2 aromatic carbocycles. The third-order valence-corrected chi connectivity index (χ3v) is 6.02. The van der Waals surface area contributed by atoms with Crippen molar-refractivity contribution in [2.45, 2.75) is 33.2 Å². The van der Waals surface area contributed by atoms with Crippen molar-refractivity contribution in [1.29, 1.82) is 0 Å². The summed E-state index contributed by atoms with van der Waals surface area (Å²) in [6.45, 7) is 5.33. The van der Waals surface area contributed by atoms with Crippen molar-refractivity contribution in [3.05, 3.63) is 47.5 Å². The molecule has 1 atom stereocenters. The van der Waals surface area contributed by atoms with Crippen LogP contribution < -0.4 is 24.8 Å². The lowest BCUT2D eigenvalue weighted by Crippen LogP contribution is -2.52. The highest BCUT2D eigenvalue weighted by atomic mass is 16.5. The van der Waals surface area contributed by atoms with E-state index in [9.17, 15) is 9.59 Å². The smallest absolute Gasteiger partial charge is 0.321 e. The lowest BCUT2D eigenvalue weighted by Gasteiger charge is -2.39. The van der Waals surface area contributed by atoms with Crippen LogP contribution in [0.3, 0.4) is 0 Å². The summed E-state index contributed by atoms with van der Waals surface area (Å²) in [6.07, 6.45) is 1.47. The molecule has 8 nitrogen and oxygen atoms in total. The number of amides is 3. The minimum atomic E-state index is -0.657. The second-order valence-electron chi connectivity index (χ2n) is 8.60. The summed E-state index contributed by atoms with van der Waals surface area (Å²) in [7, 11) is 4.57. The first kappa shape index (κ1) is 24.2. The molecule has 1 fully saturated rings. The molecule has 3 amide bonds. The minimum absolute atomic E-state index is 0.0478. The number of likely N-dealkylation sites (tertiary alicyclic amines) is 1. The van der Waals surface area contributed by atoms with Crippen molar-refractivity contribution in [2.75, 3.05) is 39.7 Å². The number of carbonyl (C=O) groups excluding carboxylic acids is 2. The molecule has 0 spiro atoms. The number of methoxy groups -OCH3 is 3. The standard InChI is InChI=1S/C25H33N3O5/c1-17-7-9-18(10-8-17)15-26-23(29)25(2)11-6-12-28(16-25)24(30)27-19-13-20(31-3)22(33-5)21(14-19)32-4/h7-10,13-14H,6,11-12,15-16H2,1-5H3,(H,26,29)(H,27,30)/t25-/m1/s1. The molecular formula is C25H33N3O5. The van der Waals surface area contributed by atoms with Crippen LogP contribution in [0.25, 0.3) is 0 Å². The number of urea groups is 1. The van der Waals surface area contributed by atoms with Gasteiger partial charge in [0.25, 0.3) is 0 Å². The van der Waals surface area contributed by atoms with Crippen molar-refractivity contribution >= 4 is 17.6 Å². The first-order valence-corrected chi connectivity index (χ1v) is 11.0. The zero-order valence-electron chi connectivity index (χ0n) is 20.0. The molecular weight excluding hydrogens is 422 g/mol. The molecule has 0 aliphatic carbocycles. The Labute approximate surface area is 195 Å². The van der Waals surface area contributed by atoms with Crippen LogP contribution in [0.15, 0.2) is 36.4 Å².